The summed E-state index contributed by atoms with van der Waals surface area (Å²) in [5, 5.41) is 11.1. The Kier molecular flexibility index (Phi) is 5.59. The fourth-order valence-corrected chi connectivity index (χ4v) is 1.32. The molecule has 0 radical (unpaired) electrons. The number of pyridine rings is 1. The molecular weight excluding hydrogens is 236 g/mol. The van der Waals surface area contributed by atoms with Gasteiger partial charge in [0.05, 0.1) is 5.56 Å². The lowest BCUT2D eigenvalue weighted by Gasteiger charge is -2.05. The molecule has 0 bridgehead atoms. The van der Waals surface area contributed by atoms with Crippen molar-refractivity contribution in [2.75, 3.05) is 12.0 Å². The highest BCUT2D eigenvalue weighted by Crippen LogP contribution is 2.03. The molecule has 7 nitrogen and oxygen atoms in total. The number of hydrogen-bond acceptors (Lipinski definition) is 5. The first kappa shape index (κ1) is 13.9. The van der Waals surface area contributed by atoms with E-state index in [2.05, 4.69) is 15.7 Å². The van der Waals surface area contributed by atoms with Crippen LogP contribution in [0.5, 0.6) is 0 Å². The van der Waals surface area contributed by atoms with Crippen LogP contribution in [-0.4, -0.2) is 28.5 Å². The van der Waals surface area contributed by atoms with Crippen LogP contribution in [0.1, 0.15) is 29.6 Å². The second kappa shape index (κ2) is 7.23. The van der Waals surface area contributed by atoms with Crippen LogP contribution in [0.4, 0.5) is 5.82 Å². The smallest absolute Gasteiger partial charge is 0.303 e. The molecule has 1 aromatic rings. The molecule has 0 atom stereocenters. The average Bonchev–Trinajstić information content (AvgIpc) is 2.38. The molecule has 1 rings (SSSR count). The summed E-state index contributed by atoms with van der Waals surface area (Å²) < 4.78 is 0. The number of carboxylic acids is 1. The van der Waals surface area contributed by atoms with Crippen molar-refractivity contribution in [1.82, 2.24) is 10.3 Å². The first-order chi connectivity index (χ1) is 8.63. The third-order valence-electron chi connectivity index (χ3n) is 2.28. The average molecular weight is 252 g/mol. The summed E-state index contributed by atoms with van der Waals surface area (Å²) in [6.45, 7) is 0.447. The Morgan fingerprint density at radius 2 is 2.11 bits per heavy atom. The molecule has 0 aliphatic heterocycles. The van der Waals surface area contributed by atoms with Gasteiger partial charge in [-0.05, 0) is 25.0 Å². The van der Waals surface area contributed by atoms with Gasteiger partial charge < -0.3 is 15.8 Å². The van der Waals surface area contributed by atoms with Gasteiger partial charge in [-0.2, -0.15) is 0 Å². The van der Waals surface area contributed by atoms with E-state index in [0.29, 0.717) is 30.8 Å². The number of anilines is 1. The third kappa shape index (κ3) is 4.79. The van der Waals surface area contributed by atoms with E-state index in [-0.39, 0.29) is 12.3 Å². The Bertz CT molecular complexity index is 405. The quantitative estimate of drug-likeness (QED) is 0.316. The highest BCUT2D eigenvalue weighted by Gasteiger charge is 2.05. The van der Waals surface area contributed by atoms with Crippen molar-refractivity contribution in [1.29, 1.82) is 0 Å². The van der Waals surface area contributed by atoms with Crippen LogP contribution in [0.15, 0.2) is 18.3 Å². The maximum Gasteiger partial charge on any atom is 0.303 e. The number of nitrogen functional groups attached to an aromatic ring is 1. The number of rotatable bonds is 7. The third-order valence-corrected chi connectivity index (χ3v) is 2.28. The van der Waals surface area contributed by atoms with Crippen LogP contribution in [0.2, 0.25) is 0 Å². The van der Waals surface area contributed by atoms with Crippen LogP contribution >= 0.6 is 0 Å². The highest BCUT2D eigenvalue weighted by atomic mass is 16.4. The SMILES string of the molecule is NNc1ccc(C(=O)NCCCCC(=O)O)cn1. The molecule has 18 heavy (non-hydrogen) atoms. The zero-order valence-corrected chi connectivity index (χ0v) is 9.85. The van der Waals surface area contributed by atoms with Gasteiger partial charge in [0.25, 0.3) is 5.91 Å². The van der Waals surface area contributed by atoms with Crippen molar-refractivity contribution in [3.63, 3.8) is 0 Å². The number of carbonyl (C=O) groups excluding carboxylic acids is 1. The van der Waals surface area contributed by atoms with Gasteiger partial charge in [0.2, 0.25) is 0 Å². The molecule has 0 aliphatic rings. The van der Waals surface area contributed by atoms with Gasteiger partial charge in [-0.15, -0.1) is 0 Å². The Hall–Kier alpha value is -2.15. The van der Waals surface area contributed by atoms with E-state index in [0.717, 1.165) is 0 Å². The molecule has 0 fully saturated rings. The van der Waals surface area contributed by atoms with E-state index in [1.165, 1.54) is 6.20 Å². The van der Waals surface area contributed by atoms with E-state index in [4.69, 9.17) is 10.9 Å². The van der Waals surface area contributed by atoms with Crippen LogP contribution in [0.3, 0.4) is 0 Å². The van der Waals surface area contributed by atoms with Crippen LogP contribution in [0, 0.1) is 0 Å². The monoisotopic (exact) mass is 252 g/mol. The largest absolute Gasteiger partial charge is 0.481 e. The first-order valence-corrected chi connectivity index (χ1v) is 5.56. The van der Waals surface area contributed by atoms with Crippen LogP contribution in [-0.2, 0) is 4.79 Å². The number of nitrogens with zero attached hydrogens (tertiary/aromatic N) is 1. The maximum atomic E-state index is 11.6. The highest BCUT2D eigenvalue weighted by molar-refractivity contribution is 5.93. The predicted molar refractivity (Wildman–Crippen MR) is 65.9 cm³/mol. The van der Waals surface area contributed by atoms with Crippen molar-refractivity contribution in [2.24, 2.45) is 5.84 Å². The number of amides is 1. The molecule has 5 N–H and O–H groups in total. The number of hydrogen-bond donors (Lipinski definition) is 4. The van der Waals surface area contributed by atoms with Gasteiger partial charge in [-0.3, -0.25) is 9.59 Å². The van der Waals surface area contributed by atoms with Gasteiger partial charge in [-0.1, -0.05) is 0 Å². The Labute approximate surface area is 104 Å². The summed E-state index contributed by atoms with van der Waals surface area (Å²) in [6, 6.07) is 3.20. The molecule has 1 amide bonds. The van der Waals surface area contributed by atoms with Crippen LogP contribution in [0.25, 0.3) is 0 Å². The maximum absolute atomic E-state index is 11.6. The van der Waals surface area contributed by atoms with Crippen LogP contribution < -0.4 is 16.6 Å². The lowest BCUT2D eigenvalue weighted by molar-refractivity contribution is -0.137. The zero-order chi connectivity index (χ0) is 13.4. The van der Waals surface area contributed by atoms with E-state index in [9.17, 15) is 9.59 Å². The Morgan fingerprint density at radius 3 is 2.67 bits per heavy atom. The molecule has 0 saturated heterocycles. The topological polar surface area (TPSA) is 117 Å². The van der Waals surface area contributed by atoms with Gasteiger partial charge in [-0.25, -0.2) is 10.8 Å². The van der Waals surface area contributed by atoms with E-state index >= 15 is 0 Å². The van der Waals surface area contributed by atoms with E-state index in [1.807, 2.05) is 0 Å². The number of unbranched alkanes of at least 4 members (excludes halogenated alkanes) is 1. The fraction of sp³-hybridized carbons (Fsp3) is 0.364. The normalized spacial score (nSPS) is 9.83. The van der Waals surface area contributed by atoms with Gasteiger partial charge in [0.15, 0.2) is 0 Å². The molecule has 0 unspecified atom stereocenters. The minimum Gasteiger partial charge on any atom is -0.481 e. The lowest BCUT2D eigenvalue weighted by atomic mass is 10.2. The summed E-state index contributed by atoms with van der Waals surface area (Å²) >= 11 is 0. The molecule has 1 heterocycles. The number of nitrogens with two attached hydrogens (primary N) is 1. The molecular formula is C11H16N4O3. The number of aliphatic carboxylic acids is 1. The first-order valence-electron chi connectivity index (χ1n) is 5.56. The molecule has 0 saturated carbocycles. The number of carboxylic acid groups (broad SMARTS) is 1. The fourth-order valence-electron chi connectivity index (χ4n) is 1.32. The summed E-state index contributed by atoms with van der Waals surface area (Å²) in [7, 11) is 0. The summed E-state index contributed by atoms with van der Waals surface area (Å²) in [5.41, 5.74) is 2.80. The summed E-state index contributed by atoms with van der Waals surface area (Å²) in [6.07, 6.45) is 2.72. The number of hydrazine groups is 1. The summed E-state index contributed by atoms with van der Waals surface area (Å²) in [5.74, 6) is 4.57. The van der Waals surface area contributed by atoms with Gasteiger partial charge in [0.1, 0.15) is 5.82 Å². The van der Waals surface area contributed by atoms with Crippen molar-refractivity contribution in [2.45, 2.75) is 19.3 Å². The second-order valence-electron chi connectivity index (χ2n) is 3.68. The summed E-state index contributed by atoms with van der Waals surface area (Å²) in [4.78, 5) is 25.8. The van der Waals surface area contributed by atoms with Gasteiger partial charge >= 0.3 is 5.97 Å². The van der Waals surface area contributed by atoms with Crippen molar-refractivity contribution >= 4 is 17.7 Å². The van der Waals surface area contributed by atoms with Crippen molar-refractivity contribution in [3.05, 3.63) is 23.9 Å². The van der Waals surface area contributed by atoms with Crippen molar-refractivity contribution in [3.8, 4) is 0 Å². The minimum absolute atomic E-state index is 0.119. The molecule has 98 valence electrons. The lowest BCUT2D eigenvalue weighted by Crippen LogP contribution is -2.24. The van der Waals surface area contributed by atoms with E-state index in [1.54, 1.807) is 12.1 Å². The molecule has 0 aromatic carbocycles. The second-order valence-corrected chi connectivity index (χ2v) is 3.68. The van der Waals surface area contributed by atoms with E-state index < -0.39 is 5.97 Å². The Balaban J connectivity index is 2.29. The number of nitrogens with one attached hydrogen (secondary N) is 2. The molecule has 0 aliphatic carbocycles. The van der Waals surface area contributed by atoms with Crippen molar-refractivity contribution < 1.29 is 14.7 Å². The molecule has 0 spiro atoms. The number of aromatic nitrogens is 1. The standard InChI is InChI=1S/C11H16N4O3/c12-15-9-5-4-8(7-14-9)11(18)13-6-2-1-3-10(16)17/h4-5,7H,1-3,6,12H2,(H,13,18)(H,14,15)(H,16,17). The zero-order valence-electron chi connectivity index (χ0n) is 9.85. The van der Waals surface area contributed by atoms with Gasteiger partial charge in [0, 0.05) is 19.2 Å². The molecule has 1 aromatic heterocycles. The molecule has 7 heteroatoms. The predicted octanol–water partition coefficient (Wildman–Crippen LogP) is 0.352. The number of carbonyl (C=O) groups is 2. The minimum atomic E-state index is -0.824. The Morgan fingerprint density at radius 1 is 1.33 bits per heavy atom.